The molecule has 2 aromatic rings. The number of allylic oxidation sites excluding steroid dienone is 4. The van der Waals surface area contributed by atoms with E-state index in [2.05, 4.69) is 32.6 Å². The van der Waals surface area contributed by atoms with Gasteiger partial charge in [0.2, 0.25) is 0 Å². The zero-order valence-corrected chi connectivity index (χ0v) is 25.6. The monoisotopic (exact) mass is 575 g/mol. The van der Waals surface area contributed by atoms with E-state index in [1.807, 2.05) is 25.1 Å². The number of benzene rings is 2. The van der Waals surface area contributed by atoms with Crippen LogP contribution in [0.25, 0.3) is 0 Å². The summed E-state index contributed by atoms with van der Waals surface area (Å²) in [4.78, 5) is 30.2. The van der Waals surface area contributed by atoms with Gasteiger partial charge in [-0.15, -0.1) is 0 Å². The van der Waals surface area contributed by atoms with Crippen LogP contribution in [0.15, 0.2) is 65.0 Å². The molecule has 0 atom stereocenters. The summed E-state index contributed by atoms with van der Waals surface area (Å²) in [6.07, 6.45) is 2.35. The Morgan fingerprint density at radius 2 is 1.43 bits per heavy atom. The summed E-state index contributed by atoms with van der Waals surface area (Å²) in [5.74, 6) is 0.523. The Balaban J connectivity index is 1.62. The molecule has 42 heavy (non-hydrogen) atoms. The molecule has 0 radical (unpaired) electrons. The average Bonchev–Trinajstić information content (AvgIpc) is 2.90. The Hall–Kier alpha value is -3.45. The van der Waals surface area contributed by atoms with Gasteiger partial charge < -0.3 is 19.1 Å². The van der Waals surface area contributed by atoms with Crippen LogP contribution in [0.4, 0.5) is 4.39 Å². The van der Waals surface area contributed by atoms with Crippen molar-refractivity contribution in [1.29, 1.82) is 0 Å². The van der Waals surface area contributed by atoms with Crippen LogP contribution in [0.5, 0.6) is 11.5 Å². The lowest BCUT2D eigenvalue weighted by molar-refractivity contribution is -0.119. The molecule has 7 heteroatoms. The number of hydrogen-bond donors (Lipinski definition) is 0. The van der Waals surface area contributed by atoms with Crippen LogP contribution < -0.4 is 9.47 Å². The third kappa shape index (κ3) is 6.03. The summed E-state index contributed by atoms with van der Waals surface area (Å²) in [5.41, 5.74) is 4.77. The molecule has 6 nitrogen and oxygen atoms in total. The van der Waals surface area contributed by atoms with Gasteiger partial charge in [-0.05, 0) is 66.0 Å². The van der Waals surface area contributed by atoms with Gasteiger partial charge in [-0.2, -0.15) is 0 Å². The average molecular weight is 576 g/mol. The van der Waals surface area contributed by atoms with Crippen molar-refractivity contribution in [1.82, 2.24) is 4.90 Å². The zero-order valence-electron chi connectivity index (χ0n) is 25.6. The number of hydrogen-bond acceptors (Lipinski definition) is 6. The van der Waals surface area contributed by atoms with Gasteiger partial charge in [0.15, 0.2) is 23.1 Å². The second-order valence-corrected chi connectivity index (χ2v) is 13.2. The topological polar surface area (TPSA) is 65.1 Å². The Labute approximate surface area is 248 Å². The number of rotatable bonds is 9. The maximum absolute atomic E-state index is 14.0. The van der Waals surface area contributed by atoms with Crippen LogP contribution in [0.1, 0.15) is 77.3 Å². The molecule has 2 aromatic carbocycles. The summed E-state index contributed by atoms with van der Waals surface area (Å²) < 4.78 is 31.0. The smallest absolute Gasteiger partial charge is 0.162 e. The van der Waals surface area contributed by atoms with Crippen LogP contribution in [0, 0.1) is 16.6 Å². The van der Waals surface area contributed by atoms with E-state index in [1.54, 1.807) is 19.2 Å². The molecule has 0 fully saturated rings. The summed E-state index contributed by atoms with van der Waals surface area (Å²) >= 11 is 0. The van der Waals surface area contributed by atoms with Crippen molar-refractivity contribution in [3.05, 3.63) is 81.9 Å². The third-order valence-corrected chi connectivity index (χ3v) is 8.45. The fourth-order valence-corrected chi connectivity index (χ4v) is 6.67. The molecule has 0 N–H and O–H groups in total. The van der Waals surface area contributed by atoms with E-state index in [0.29, 0.717) is 44.1 Å². The Morgan fingerprint density at radius 1 is 0.833 bits per heavy atom. The minimum absolute atomic E-state index is 0.0902. The molecule has 0 unspecified atom stereocenters. The summed E-state index contributed by atoms with van der Waals surface area (Å²) in [6.45, 7) is 12.2. The predicted molar refractivity (Wildman–Crippen MR) is 160 cm³/mol. The molecule has 0 bridgehead atoms. The van der Waals surface area contributed by atoms with E-state index in [9.17, 15) is 14.0 Å². The number of carbonyl (C=O) groups excluding carboxylic acids is 2. The van der Waals surface area contributed by atoms with Gasteiger partial charge in [0, 0.05) is 55.0 Å². The number of halogens is 1. The molecule has 3 aliphatic rings. The lowest BCUT2D eigenvalue weighted by atomic mass is 9.63. The Morgan fingerprint density at radius 3 is 1.98 bits per heavy atom. The minimum atomic E-state index is -0.466. The third-order valence-electron chi connectivity index (χ3n) is 8.45. The van der Waals surface area contributed by atoms with Crippen molar-refractivity contribution < 1.29 is 28.2 Å². The van der Waals surface area contributed by atoms with Gasteiger partial charge in [0.1, 0.15) is 12.4 Å². The van der Waals surface area contributed by atoms with E-state index in [1.165, 1.54) is 12.1 Å². The molecule has 1 heterocycles. The normalized spacial score (nSPS) is 20.0. The van der Waals surface area contributed by atoms with E-state index >= 15 is 0 Å². The van der Waals surface area contributed by atoms with Crippen LogP contribution in [0.3, 0.4) is 0 Å². The quantitative estimate of drug-likeness (QED) is 0.317. The van der Waals surface area contributed by atoms with Crippen LogP contribution in [-0.2, 0) is 20.9 Å². The number of Topliss-reactive ketones (excluding diaryl/α,β-unsaturated/α-hetero) is 2. The number of nitrogens with zero attached hydrogens (tertiary/aromatic N) is 1. The molecule has 0 saturated carbocycles. The Bertz CT molecular complexity index is 1380. The highest BCUT2D eigenvalue weighted by atomic mass is 19.1. The maximum Gasteiger partial charge on any atom is 0.162 e. The highest BCUT2D eigenvalue weighted by Crippen LogP contribution is 2.54. The van der Waals surface area contributed by atoms with Crippen molar-refractivity contribution >= 4 is 11.6 Å². The number of ketones is 2. The molecule has 0 saturated heterocycles. The molecule has 0 amide bonds. The molecule has 224 valence electrons. The molecule has 0 aromatic heterocycles. The number of ether oxygens (including phenoxy) is 3. The maximum atomic E-state index is 14.0. The van der Waals surface area contributed by atoms with E-state index in [-0.39, 0.29) is 34.8 Å². The molecule has 1 aliphatic heterocycles. The predicted octanol–water partition coefficient (Wildman–Crippen LogP) is 7.14. The first-order chi connectivity index (χ1) is 19.9. The van der Waals surface area contributed by atoms with Crippen molar-refractivity contribution in [2.45, 2.75) is 72.8 Å². The molecule has 0 spiro atoms. The van der Waals surface area contributed by atoms with Crippen LogP contribution >= 0.6 is 0 Å². The van der Waals surface area contributed by atoms with E-state index < -0.39 is 5.92 Å². The second-order valence-electron chi connectivity index (χ2n) is 13.2. The van der Waals surface area contributed by atoms with Gasteiger partial charge in [-0.3, -0.25) is 9.59 Å². The second kappa shape index (κ2) is 11.7. The summed E-state index contributed by atoms with van der Waals surface area (Å²) in [6, 6.07) is 11.9. The standard InChI is InChI=1S/C35H42FNO5/c1-7-41-30-16-23(10-13-29(30)42-21-22-8-11-24(36)12-9-22)31-32-25(17-34(2,3)19-27(32)38)37(14-15-40-6)26-18-35(4,5)20-28(39)33(26)31/h8-13,16,31H,7,14-15,17-21H2,1-6H3. The van der Waals surface area contributed by atoms with Gasteiger partial charge in [-0.1, -0.05) is 45.9 Å². The zero-order chi connectivity index (χ0) is 30.2. The summed E-state index contributed by atoms with van der Waals surface area (Å²) in [7, 11) is 1.68. The number of carbonyl (C=O) groups is 2. The number of methoxy groups -OCH3 is 1. The van der Waals surface area contributed by atoms with Gasteiger partial charge >= 0.3 is 0 Å². The van der Waals surface area contributed by atoms with Crippen molar-refractivity contribution in [2.24, 2.45) is 10.8 Å². The lowest BCUT2D eigenvalue weighted by Crippen LogP contribution is -2.45. The van der Waals surface area contributed by atoms with Crippen LogP contribution in [-0.4, -0.2) is 43.3 Å². The Kier molecular flexibility index (Phi) is 8.35. The first kappa shape index (κ1) is 30.0. The molecular formula is C35H42FNO5. The molecule has 5 rings (SSSR count). The first-order valence-electron chi connectivity index (χ1n) is 14.9. The highest BCUT2D eigenvalue weighted by molar-refractivity contribution is 6.06. The van der Waals surface area contributed by atoms with Gasteiger partial charge in [0.25, 0.3) is 0 Å². The minimum Gasteiger partial charge on any atom is -0.490 e. The van der Waals surface area contributed by atoms with E-state index in [0.717, 1.165) is 46.5 Å². The van der Waals surface area contributed by atoms with Crippen molar-refractivity contribution in [3.8, 4) is 11.5 Å². The molecular weight excluding hydrogens is 533 g/mol. The fourth-order valence-electron chi connectivity index (χ4n) is 6.67. The molecule has 2 aliphatic carbocycles. The van der Waals surface area contributed by atoms with Gasteiger partial charge in [0.05, 0.1) is 13.2 Å². The fraction of sp³-hybridized carbons (Fsp3) is 0.486. The van der Waals surface area contributed by atoms with Crippen LogP contribution in [0.2, 0.25) is 0 Å². The summed E-state index contributed by atoms with van der Waals surface area (Å²) in [5, 5.41) is 0. The SMILES string of the molecule is CCOc1cc(C2C3=C(CC(C)(C)CC3=O)N(CCOC)C3=C2C(=O)CC(C)(C)C3)ccc1OCc1ccc(F)cc1. The van der Waals surface area contributed by atoms with Gasteiger partial charge in [-0.25, -0.2) is 4.39 Å². The largest absolute Gasteiger partial charge is 0.490 e. The van der Waals surface area contributed by atoms with Crippen molar-refractivity contribution in [3.63, 3.8) is 0 Å². The van der Waals surface area contributed by atoms with E-state index in [4.69, 9.17) is 14.2 Å². The van der Waals surface area contributed by atoms with Crippen molar-refractivity contribution in [2.75, 3.05) is 26.9 Å². The highest BCUT2D eigenvalue weighted by Gasteiger charge is 2.49. The lowest BCUT2D eigenvalue weighted by Gasteiger charge is -2.49. The first-order valence-corrected chi connectivity index (χ1v) is 14.9.